The van der Waals surface area contributed by atoms with E-state index >= 15 is 0 Å². The number of fused-ring (bicyclic) bond motifs is 1. The predicted molar refractivity (Wildman–Crippen MR) is 147 cm³/mol. The van der Waals surface area contributed by atoms with Crippen molar-refractivity contribution in [3.8, 4) is 0 Å². The lowest BCUT2D eigenvalue weighted by Gasteiger charge is -2.35. The third kappa shape index (κ3) is 6.57. The van der Waals surface area contributed by atoms with Gasteiger partial charge in [0.25, 0.3) is 5.56 Å². The first-order valence-electron chi connectivity index (χ1n) is 13.3. The molecule has 2 aromatic heterocycles. The van der Waals surface area contributed by atoms with Gasteiger partial charge in [0.05, 0.1) is 5.52 Å². The number of benzene rings is 1. The summed E-state index contributed by atoms with van der Waals surface area (Å²) in [4.78, 5) is 53.7. The largest absolute Gasteiger partial charge is 0.352 e. The number of carbonyl (C=O) groups excluding carboxylic acids is 2. The van der Waals surface area contributed by atoms with E-state index in [2.05, 4.69) is 12.2 Å². The van der Waals surface area contributed by atoms with Crippen LogP contribution in [0, 0.1) is 0 Å². The zero-order valence-corrected chi connectivity index (χ0v) is 22.3. The minimum absolute atomic E-state index is 0.00927. The molecule has 1 aliphatic rings. The summed E-state index contributed by atoms with van der Waals surface area (Å²) in [6.45, 7) is 3.53. The molecule has 0 spiro atoms. The van der Waals surface area contributed by atoms with Gasteiger partial charge < -0.3 is 10.2 Å². The van der Waals surface area contributed by atoms with Crippen LogP contribution in [0.4, 0.5) is 0 Å². The number of unbranched alkanes of at least 4 members (excludes halogenated alkanes) is 2. The molecule has 1 aliphatic heterocycles. The van der Waals surface area contributed by atoms with Crippen molar-refractivity contribution >= 4 is 33.4 Å². The number of likely N-dealkylation sites (tertiary alicyclic amines) is 1. The topological polar surface area (TPSA) is 93.4 Å². The van der Waals surface area contributed by atoms with Crippen LogP contribution in [0.3, 0.4) is 0 Å². The fourth-order valence-electron chi connectivity index (χ4n) is 5.08. The molecular weight excluding hydrogens is 488 g/mol. The number of rotatable bonds is 11. The van der Waals surface area contributed by atoms with E-state index in [-0.39, 0.29) is 36.5 Å². The Morgan fingerprint density at radius 1 is 1.03 bits per heavy atom. The molecule has 1 fully saturated rings. The molecule has 3 heterocycles. The van der Waals surface area contributed by atoms with Gasteiger partial charge in [-0.2, -0.15) is 0 Å². The molecule has 8 nitrogen and oxygen atoms in total. The Morgan fingerprint density at radius 3 is 2.62 bits per heavy atom. The summed E-state index contributed by atoms with van der Waals surface area (Å²) < 4.78 is 3.22. The summed E-state index contributed by atoms with van der Waals surface area (Å²) in [5, 5.41) is 4.71. The van der Waals surface area contributed by atoms with Gasteiger partial charge >= 0.3 is 5.69 Å². The number of carbonyl (C=O) groups is 2. The van der Waals surface area contributed by atoms with Gasteiger partial charge in [-0.25, -0.2) is 4.79 Å². The van der Waals surface area contributed by atoms with E-state index in [0.717, 1.165) is 44.2 Å². The van der Waals surface area contributed by atoms with Gasteiger partial charge in [-0.15, -0.1) is 11.3 Å². The Balaban J connectivity index is 1.36. The van der Waals surface area contributed by atoms with E-state index < -0.39 is 5.69 Å². The maximum absolute atomic E-state index is 13.4. The lowest BCUT2D eigenvalue weighted by molar-refractivity contribution is -0.135. The van der Waals surface area contributed by atoms with Crippen molar-refractivity contribution in [1.82, 2.24) is 19.4 Å². The van der Waals surface area contributed by atoms with E-state index in [1.807, 2.05) is 35.2 Å². The molecule has 1 saturated heterocycles. The molecule has 37 heavy (non-hydrogen) atoms. The Labute approximate surface area is 220 Å². The molecule has 3 aromatic rings. The normalized spacial score (nSPS) is 15.7. The number of piperidine rings is 1. The number of nitrogens with one attached hydrogen (secondary N) is 1. The van der Waals surface area contributed by atoms with Gasteiger partial charge in [-0.1, -0.05) is 43.7 Å². The number of hydrogen-bond acceptors (Lipinski definition) is 5. The van der Waals surface area contributed by atoms with Crippen molar-refractivity contribution in [1.29, 1.82) is 0 Å². The molecule has 2 amide bonds. The van der Waals surface area contributed by atoms with Crippen LogP contribution in [0.15, 0.2) is 51.4 Å². The van der Waals surface area contributed by atoms with Gasteiger partial charge in [0.2, 0.25) is 11.8 Å². The highest BCUT2D eigenvalue weighted by molar-refractivity contribution is 7.17. The summed E-state index contributed by atoms with van der Waals surface area (Å²) in [7, 11) is 0. The zero-order valence-electron chi connectivity index (χ0n) is 21.5. The molecule has 1 atom stereocenters. The quantitative estimate of drug-likeness (QED) is 0.385. The minimum atomic E-state index is -0.435. The Hall–Kier alpha value is -3.20. The number of thiophene rings is 1. The monoisotopic (exact) mass is 524 g/mol. The van der Waals surface area contributed by atoms with E-state index in [1.54, 1.807) is 11.4 Å². The van der Waals surface area contributed by atoms with Crippen LogP contribution in [0.25, 0.3) is 10.2 Å². The third-order valence-electron chi connectivity index (χ3n) is 7.17. The highest BCUT2D eigenvalue weighted by Gasteiger charge is 2.26. The van der Waals surface area contributed by atoms with E-state index in [9.17, 15) is 19.2 Å². The van der Waals surface area contributed by atoms with E-state index in [4.69, 9.17) is 0 Å². The van der Waals surface area contributed by atoms with Gasteiger partial charge in [-0.05, 0) is 55.5 Å². The fraction of sp³-hybridized carbons (Fsp3) is 0.500. The van der Waals surface area contributed by atoms with Crippen molar-refractivity contribution in [2.24, 2.45) is 0 Å². The van der Waals surface area contributed by atoms with Crippen LogP contribution in [0.2, 0.25) is 0 Å². The molecule has 0 radical (unpaired) electrons. The first kappa shape index (κ1) is 26.9. The van der Waals surface area contributed by atoms with Crippen LogP contribution >= 0.6 is 11.3 Å². The highest BCUT2D eigenvalue weighted by atomic mass is 32.1. The molecule has 0 unspecified atom stereocenters. The summed E-state index contributed by atoms with van der Waals surface area (Å²) in [6, 6.07) is 11.7. The van der Waals surface area contributed by atoms with Gasteiger partial charge in [0.1, 0.15) is 11.2 Å². The highest BCUT2D eigenvalue weighted by Crippen LogP contribution is 2.21. The van der Waals surface area contributed by atoms with Gasteiger partial charge in [0, 0.05) is 32.1 Å². The number of nitrogens with zero attached hydrogens (tertiary/aromatic N) is 3. The van der Waals surface area contributed by atoms with Crippen molar-refractivity contribution in [3.63, 3.8) is 0 Å². The van der Waals surface area contributed by atoms with E-state index in [1.165, 1.54) is 20.5 Å². The summed E-state index contributed by atoms with van der Waals surface area (Å²) in [5.41, 5.74) is 0.850. The zero-order chi connectivity index (χ0) is 26.2. The molecule has 198 valence electrons. The Kier molecular flexibility index (Phi) is 9.33. The van der Waals surface area contributed by atoms with Crippen molar-refractivity contribution < 1.29 is 9.59 Å². The summed E-state index contributed by atoms with van der Waals surface area (Å²) in [6.07, 6.45) is 6.40. The van der Waals surface area contributed by atoms with Crippen LogP contribution in [-0.2, 0) is 29.2 Å². The lowest BCUT2D eigenvalue weighted by atomic mass is 10.00. The molecule has 1 aromatic carbocycles. The molecule has 0 bridgehead atoms. The molecule has 1 N–H and O–H groups in total. The number of amides is 2. The molecular formula is C28H36N4O4S. The fourth-order valence-corrected chi connectivity index (χ4v) is 5.92. The van der Waals surface area contributed by atoms with Crippen LogP contribution in [0.5, 0.6) is 0 Å². The Bertz CT molecular complexity index is 1330. The Morgan fingerprint density at radius 2 is 1.84 bits per heavy atom. The molecule has 0 saturated carbocycles. The minimum Gasteiger partial charge on any atom is -0.352 e. The van der Waals surface area contributed by atoms with E-state index in [0.29, 0.717) is 36.0 Å². The molecule has 9 heteroatoms. The molecule has 4 rings (SSSR count). The second-order valence-electron chi connectivity index (χ2n) is 9.68. The standard InChI is InChI=1S/C28H36N4O4S/c1-2-22-13-8-10-16-30(22)25(34)20-32-23-15-18-37-26(23)27(35)31(28(32)36)17-9-4-7-14-24(33)29-19-21-11-5-3-6-12-21/h3,5-6,11-12,15,18,22H,2,4,7-10,13-14,16-17,19-20H2,1H3,(H,29,33)/t22-/m1/s1. The third-order valence-corrected chi connectivity index (χ3v) is 8.06. The van der Waals surface area contributed by atoms with Crippen LogP contribution in [-0.4, -0.2) is 38.4 Å². The average Bonchev–Trinajstić information content (AvgIpc) is 3.42. The lowest BCUT2D eigenvalue weighted by Crippen LogP contribution is -2.47. The van der Waals surface area contributed by atoms with Crippen molar-refractivity contribution in [3.05, 3.63) is 68.2 Å². The first-order chi connectivity index (χ1) is 18.0. The van der Waals surface area contributed by atoms with Gasteiger partial charge in [0.15, 0.2) is 0 Å². The maximum atomic E-state index is 13.4. The maximum Gasteiger partial charge on any atom is 0.332 e. The first-order valence-corrected chi connectivity index (χ1v) is 14.2. The second-order valence-corrected chi connectivity index (χ2v) is 10.6. The predicted octanol–water partition coefficient (Wildman–Crippen LogP) is 3.89. The SMILES string of the molecule is CC[C@@H]1CCCCN1C(=O)Cn1c(=O)n(CCCCCC(=O)NCc2ccccc2)c(=O)c2sccc21. The summed E-state index contributed by atoms with van der Waals surface area (Å²) in [5.74, 6) is -0.0714. The summed E-state index contributed by atoms with van der Waals surface area (Å²) >= 11 is 1.30. The van der Waals surface area contributed by atoms with Crippen molar-refractivity contribution in [2.75, 3.05) is 6.54 Å². The average molecular weight is 525 g/mol. The molecule has 0 aliphatic carbocycles. The van der Waals surface area contributed by atoms with Crippen molar-refractivity contribution in [2.45, 2.75) is 84.0 Å². The number of hydrogen-bond donors (Lipinski definition) is 1. The number of aromatic nitrogens is 2. The smallest absolute Gasteiger partial charge is 0.332 e. The van der Waals surface area contributed by atoms with Gasteiger partial charge in [-0.3, -0.25) is 23.5 Å². The van der Waals surface area contributed by atoms with Crippen LogP contribution < -0.4 is 16.6 Å². The second kappa shape index (κ2) is 12.9. The van der Waals surface area contributed by atoms with Crippen LogP contribution in [0.1, 0.15) is 63.9 Å².